The van der Waals surface area contributed by atoms with Crippen molar-refractivity contribution in [2.75, 3.05) is 24.4 Å². The van der Waals surface area contributed by atoms with Crippen molar-refractivity contribution in [3.05, 3.63) is 69.8 Å². The van der Waals surface area contributed by atoms with Gasteiger partial charge in [0.1, 0.15) is 11.6 Å². The molecule has 0 heterocycles. The van der Waals surface area contributed by atoms with E-state index in [4.69, 9.17) is 16.3 Å². The van der Waals surface area contributed by atoms with Crippen molar-refractivity contribution in [3.63, 3.8) is 0 Å². The fourth-order valence-electron chi connectivity index (χ4n) is 3.96. The number of nitrogens with zero attached hydrogens (tertiary/aromatic N) is 1. The summed E-state index contributed by atoms with van der Waals surface area (Å²) in [6.45, 7) is 2.12. The second-order valence-electron chi connectivity index (χ2n) is 8.71. The van der Waals surface area contributed by atoms with Crippen LogP contribution in [0.4, 0.5) is 14.5 Å². The Morgan fingerprint density at radius 1 is 1.03 bits per heavy atom. The number of methoxy groups -OCH3 is 1. The highest BCUT2D eigenvalue weighted by Gasteiger charge is 2.34. The monoisotopic (exact) mass is 579 g/mol. The number of anilines is 1. The number of halogens is 3. The Balaban J connectivity index is 2.13. The lowest BCUT2D eigenvalue weighted by atomic mass is 9.90. The van der Waals surface area contributed by atoms with Crippen molar-refractivity contribution in [1.82, 2.24) is 0 Å². The van der Waals surface area contributed by atoms with Crippen LogP contribution in [-0.4, -0.2) is 43.2 Å². The van der Waals surface area contributed by atoms with Gasteiger partial charge in [-0.2, -0.15) is 0 Å². The number of hydrogen-bond acceptors (Lipinski definition) is 7. The van der Waals surface area contributed by atoms with Crippen LogP contribution in [0.3, 0.4) is 0 Å². The van der Waals surface area contributed by atoms with E-state index in [-0.39, 0.29) is 51.8 Å². The first-order chi connectivity index (χ1) is 18.7. The van der Waals surface area contributed by atoms with Gasteiger partial charge in [-0.3, -0.25) is 14.4 Å². The number of benzene rings is 2. The molecule has 0 aliphatic heterocycles. The van der Waals surface area contributed by atoms with E-state index >= 15 is 4.39 Å². The Hall–Kier alpha value is -3.24. The van der Waals surface area contributed by atoms with Gasteiger partial charge < -0.3 is 9.47 Å². The summed E-state index contributed by atoms with van der Waals surface area (Å²) >= 11 is 7.11. The van der Waals surface area contributed by atoms with E-state index in [0.717, 1.165) is 36.4 Å². The normalized spacial score (nSPS) is 13.2. The fraction of sp³-hybridized carbons (Fsp3) is 0.357. The molecule has 0 N–H and O–H groups in total. The molecule has 0 fully saturated rings. The number of ether oxygens (including phenoxy) is 2. The number of esters is 2. The van der Waals surface area contributed by atoms with Gasteiger partial charge in [0.25, 0.3) is 11.8 Å². The highest BCUT2D eigenvalue weighted by Crippen LogP contribution is 2.36. The van der Waals surface area contributed by atoms with Gasteiger partial charge in [-0.05, 0) is 62.4 Å². The second-order valence-corrected chi connectivity index (χ2v) is 10.1. The molecule has 0 unspecified atom stereocenters. The maximum atomic E-state index is 15.4. The summed E-state index contributed by atoms with van der Waals surface area (Å²) in [4.78, 5) is 52.9. The van der Waals surface area contributed by atoms with Crippen molar-refractivity contribution < 1.29 is 37.4 Å². The number of thioether (sulfide) groups is 1. The van der Waals surface area contributed by atoms with Crippen molar-refractivity contribution >= 4 is 52.8 Å². The Bertz CT molecular complexity index is 1300. The van der Waals surface area contributed by atoms with Crippen molar-refractivity contribution in [3.8, 4) is 0 Å². The Morgan fingerprint density at radius 2 is 1.74 bits per heavy atom. The van der Waals surface area contributed by atoms with Gasteiger partial charge in [0, 0.05) is 21.6 Å². The van der Waals surface area contributed by atoms with Gasteiger partial charge in [0.05, 0.1) is 30.2 Å². The first kappa shape index (κ1) is 30.3. The second kappa shape index (κ2) is 14.2. The molecule has 1 aliphatic rings. The zero-order valence-electron chi connectivity index (χ0n) is 21.6. The molecule has 0 radical (unpaired) electrons. The maximum Gasteiger partial charge on any atom is 0.334 e. The standard InChI is InChI=1S/C28H28ClF2NO6S/c1-3-4-12-38-28(36)20-11-6-5-10-19(20)27(35)32(26(34)17-8-7-9-18(30)13-17)23-15-24(21(29)14-22(23)31)39-16-25(33)37-2/h7-9,13-15H,3-6,10-12,16H2,1-2H3. The van der Waals surface area contributed by atoms with Crippen LogP contribution < -0.4 is 4.90 Å². The van der Waals surface area contributed by atoms with E-state index in [2.05, 4.69) is 4.74 Å². The van der Waals surface area contributed by atoms with E-state index in [1.165, 1.54) is 25.3 Å². The van der Waals surface area contributed by atoms with Gasteiger partial charge in [0.15, 0.2) is 0 Å². The number of unbranched alkanes of at least 4 members (excludes halogenated alkanes) is 1. The van der Waals surface area contributed by atoms with Crippen LogP contribution in [0.25, 0.3) is 0 Å². The summed E-state index contributed by atoms with van der Waals surface area (Å²) in [5, 5.41) is -0.0483. The highest BCUT2D eigenvalue weighted by molar-refractivity contribution is 8.00. The molecule has 0 saturated carbocycles. The third kappa shape index (κ3) is 7.67. The minimum atomic E-state index is -0.999. The van der Waals surface area contributed by atoms with Crippen LogP contribution in [0, 0.1) is 11.6 Å². The molecule has 2 aromatic rings. The molecule has 11 heteroatoms. The topological polar surface area (TPSA) is 90.0 Å². The van der Waals surface area contributed by atoms with Crippen molar-refractivity contribution in [1.29, 1.82) is 0 Å². The molecule has 0 aromatic heterocycles. The summed E-state index contributed by atoms with van der Waals surface area (Å²) in [6, 6.07) is 6.73. The predicted octanol–water partition coefficient (Wildman–Crippen LogP) is 6.27. The third-order valence-corrected chi connectivity index (χ3v) is 7.45. The van der Waals surface area contributed by atoms with E-state index in [9.17, 15) is 23.6 Å². The minimum absolute atomic E-state index is 0.0330. The van der Waals surface area contributed by atoms with Gasteiger partial charge in [0.2, 0.25) is 0 Å². The van der Waals surface area contributed by atoms with Crippen LogP contribution >= 0.6 is 23.4 Å². The van der Waals surface area contributed by atoms with Crippen molar-refractivity contribution in [2.45, 2.75) is 50.3 Å². The molecule has 0 atom stereocenters. The summed E-state index contributed by atoms with van der Waals surface area (Å²) in [5.74, 6) is -5.02. The largest absolute Gasteiger partial charge is 0.468 e. The number of hydrogen-bond donors (Lipinski definition) is 0. The zero-order chi connectivity index (χ0) is 28.5. The van der Waals surface area contributed by atoms with Gasteiger partial charge in [-0.25, -0.2) is 18.5 Å². The van der Waals surface area contributed by atoms with Crippen LogP contribution in [0.1, 0.15) is 55.8 Å². The average molecular weight is 580 g/mol. The van der Waals surface area contributed by atoms with E-state index < -0.39 is 41.1 Å². The average Bonchev–Trinajstić information content (AvgIpc) is 2.93. The van der Waals surface area contributed by atoms with Gasteiger partial charge in [-0.15, -0.1) is 11.8 Å². The number of carbonyl (C=O) groups excluding carboxylic acids is 4. The number of carbonyl (C=O) groups is 4. The smallest absolute Gasteiger partial charge is 0.334 e. The third-order valence-electron chi connectivity index (χ3n) is 6.00. The Morgan fingerprint density at radius 3 is 2.41 bits per heavy atom. The van der Waals surface area contributed by atoms with Gasteiger partial charge >= 0.3 is 11.9 Å². The Labute approximate surface area is 234 Å². The molecular weight excluding hydrogens is 552 g/mol. The molecular formula is C28H28ClF2NO6S. The lowest BCUT2D eigenvalue weighted by Gasteiger charge is -2.26. The number of imide groups is 1. The maximum absolute atomic E-state index is 15.4. The van der Waals surface area contributed by atoms with E-state index in [1.54, 1.807) is 0 Å². The van der Waals surface area contributed by atoms with E-state index in [0.29, 0.717) is 24.2 Å². The minimum Gasteiger partial charge on any atom is -0.468 e. The lowest BCUT2D eigenvalue weighted by molar-refractivity contribution is -0.140. The molecule has 0 saturated heterocycles. The molecule has 2 amide bonds. The first-order valence-electron chi connectivity index (χ1n) is 12.4. The van der Waals surface area contributed by atoms with Crippen LogP contribution in [0.2, 0.25) is 5.02 Å². The van der Waals surface area contributed by atoms with Crippen LogP contribution in [0.5, 0.6) is 0 Å². The molecule has 7 nitrogen and oxygen atoms in total. The highest BCUT2D eigenvalue weighted by atomic mass is 35.5. The molecule has 208 valence electrons. The quantitative estimate of drug-likeness (QED) is 0.142. The molecule has 3 rings (SSSR count). The lowest BCUT2D eigenvalue weighted by Crippen LogP contribution is -2.40. The molecule has 2 aromatic carbocycles. The van der Waals surface area contributed by atoms with Crippen LogP contribution in [-0.2, 0) is 23.9 Å². The number of amides is 2. The molecule has 39 heavy (non-hydrogen) atoms. The summed E-state index contributed by atoms with van der Waals surface area (Å²) in [6.07, 6.45) is 3.09. The van der Waals surface area contributed by atoms with Crippen molar-refractivity contribution in [2.24, 2.45) is 0 Å². The fourth-order valence-corrected chi connectivity index (χ4v) is 5.05. The zero-order valence-corrected chi connectivity index (χ0v) is 23.1. The first-order valence-corrected chi connectivity index (χ1v) is 13.8. The molecule has 0 bridgehead atoms. The summed E-state index contributed by atoms with van der Waals surface area (Å²) in [5.41, 5.74) is -0.493. The summed E-state index contributed by atoms with van der Waals surface area (Å²) < 4.78 is 39.3. The van der Waals surface area contributed by atoms with Crippen LogP contribution in [0.15, 0.2) is 52.4 Å². The molecule has 1 aliphatic carbocycles. The molecule has 0 spiro atoms. The summed E-state index contributed by atoms with van der Waals surface area (Å²) in [7, 11) is 1.21. The Kier molecular flexibility index (Phi) is 11.1. The van der Waals surface area contributed by atoms with Gasteiger partial charge in [-0.1, -0.05) is 31.0 Å². The van der Waals surface area contributed by atoms with E-state index in [1.807, 2.05) is 6.92 Å². The predicted molar refractivity (Wildman–Crippen MR) is 144 cm³/mol. The number of rotatable bonds is 10. The SMILES string of the molecule is CCCCOC(=O)C1=C(C(=O)N(C(=O)c2cccc(F)c2)c2cc(SCC(=O)OC)c(Cl)cc2F)CCCC1.